The van der Waals surface area contributed by atoms with Crippen LogP contribution in [0.5, 0.6) is 11.5 Å². The first kappa shape index (κ1) is 35.3. The van der Waals surface area contributed by atoms with Crippen molar-refractivity contribution in [3.05, 3.63) is 58.2 Å². The molecule has 0 heterocycles. The van der Waals surface area contributed by atoms with Crippen LogP contribution in [0.3, 0.4) is 0 Å². The lowest BCUT2D eigenvalue weighted by Gasteiger charge is -2.52. The number of fused-ring (bicyclic) bond motifs is 4. The predicted octanol–water partition coefficient (Wildman–Crippen LogP) is 6.22. The van der Waals surface area contributed by atoms with Gasteiger partial charge >= 0.3 is 0 Å². The number of aryl methyl sites for hydroxylation is 1. The number of aliphatic hydroxyl groups is 1. The molecule has 2 saturated carbocycles. The fourth-order valence-corrected chi connectivity index (χ4v) is 9.50. The van der Waals surface area contributed by atoms with Crippen molar-refractivity contribution < 1.29 is 24.5 Å². The van der Waals surface area contributed by atoms with Gasteiger partial charge in [-0.2, -0.15) is 0 Å². The van der Waals surface area contributed by atoms with Crippen LogP contribution in [0.15, 0.2) is 46.5 Å². The number of aromatic hydroxyl groups is 1. The number of guanidine groups is 1. The van der Waals surface area contributed by atoms with E-state index in [1.54, 1.807) is 13.2 Å². The summed E-state index contributed by atoms with van der Waals surface area (Å²) in [6.07, 6.45) is 18.4. The van der Waals surface area contributed by atoms with Crippen molar-refractivity contribution in [2.75, 3.05) is 13.7 Å². The minimum absolute atomic E-state index is 0.0144. The van der Waals surface area contributed by atoms with E-state index in [2.05, 4.69) is 37.0 Å². The summed E-state index contributed by atoms with van der Waals surface area (Å²) < 4.78 is 12.9. The molecule has 0 saturated heterocycles. The maximum Gasteiger partial charge on any atom is 0.186 e. The third-order valence-corrected chi connectivity index (χ3v) is 11.8. The van der Waals surface area contributed by atoms with Crippen LogP contribution in [-0.2, 0) is 16.0 Å². The smallest absolute Gasteiger partial charge is 0.186 e. The van der Waals surface area contributed by atoms with E-state index >= 15 is 0 Å². The van der Waals surface area contributed by atoms with Crippen molar-refractivity contribution in [2.45, 2.75) is 115 Å². The first-order valence-corrected chi connectivity index (χ1v) is 18.6. The van der Waals surface area contributed by atoms with Crippen LogP contribution in [0.25, 0.3) is 0 Å². The normalized spacial score (nSPS) is 30.7. The number of phenolic OH excluding ortho intramolecular Hbond substituents is 1. The highest BCUT2D eigenvalue weighted by molar-refractivity contribution is 5.90. The van der Waals surface area contributed by atoms with Gasteiger partial charge in [-0.25, -0.2) is 4.99 Å². The number of rotatable bonds is 11. The van der Waals surface area contributed by atoms with Gasteiger partial charge in [0.25, 0.3) is 0 Å². The number of hydrogen-bond donors (Lipinski definition) is 4. The average molecular weight is 670 g/mol. The van der Waals surface area contributed by atoms with Gasteiger partial charge in [0.1, 0.15) is 0 Å². The van der Waals surface area contributed by atoms with Crippen molar-refractivity contribution in [1.29, 1.82) is 0 Å². The van der Waals surface area contributed by atoms with Crippen LogP contribution in [0, 0.1) is 41.4 Å². The van der Waals surface area contributed by atoms with Crippen molar-refractivity contribution in [2.24, 2.45) is 46.0 Å². The van der Waals surface area contributed by atoms with Crippen LogP contribution in [0.1, 0.15) is 107 Å². The Labute approximate surface area is 292 Å². The Bertz CT molecular complexity index is 1570. The van der Waals surface area contributed by atoms with Gasteiger partial charge in [0, 0.05) is 48.8 Å². The first-order valence-electron chi connectivity index (χ1n) is 18.6. The van der Waals surface area contributed by atoms with Crippen LogP contribution >= 0.6 is 0 Å². The monoisotopic (exact) mass is 669 g/mol. The molecular weight excluding hydrogens is 614 g/mol. The largest absolute Gasteiger partial charge is 0.504 e. The maximum atomic E-state index is 13.3. The van der Waals surface area contributed by atoms with Gasteiger partial charge in [0.05, 0.1) is 24.9 Å². The number of phenols is 1. The van der Waals surface area contributed by atoms with Crippen molar-refractivity contribution in [3.63, 3.8) is 0 Å². The molecule has 8 nitrogen and oxygen atoms in total. The molecule has 8 heteroatoms. The van der Waals surface area contributed by atoms with Gasteiger partial charge in [0.2, 0.25) is 0 Å². The molecular formula is C41H55N3O5. The molecule has 8 atom stereocenters. The zero-order valence-electron chi connectivity index (χ0n) is 29.5. The highest BCUT2D eigenvalue weighted by atomic mass is 16.5. The summed E-state index contributed by atoms with van der Waals surface area (Å²) >= 11 is 0. The molecule has 5 aliphatic rings. The van der Waals surface area contributed by atoms with Crippen LogP contribution in [0.4, 0.5) is 0 Å². The fourth-order valence-electron chi connectivity index (χ4n) is 9.50. The van der Waals surface area contributed by atoms with E-state index in [1.807, 2.05) is 13.0 Å². The van der Waals surface area contributed by atoms with Gasteiger partial charge in [-0.1, -0.05) is 55.9 Å². The van der Waals surface area contributed by atoms with Crippen molar-refractivity contribution in [1.82, 2.24) is 0 Å². The molecule has 0 unspecified atom stereocenters. The van der Waals surface area contributed by atoms with Crippen LogP contribution < -0.4 is 16.2 Å². The van der Waals surface area contributed by atoms with E-state index in [0.717, 1.165) is 73.6 Å². The summed E-state index contributed by atoms with van der Waals surface area (Å²) in [5, 5.41) is 22.3. The van der Waals surface area contributed by atoms with Crippen molar-refractivity contribution >= 4 is 11.7 Å². The Morgan fingerprint density at radius 3 is 2.65 bits per heavy atom. The van der Waals surface area contributed by atoms with E-state index in [9.17, 15) is 15.0 Å². The lowest BCUT2D eigenvalue weighted by molar-refractivity contribution is -0.114. The standard InChI is InChI=1S/C41H55N3O5/c1-4-8-25(23-45)20-28(46)16-15-27-22-36(49-29-9-5-6-10-29)40(47)39-30(27)11-7-12-34(44-41(42)43)31-17-18-35(48-3)37-33(31)21-26-14-13-24(2)19-32(26)38(37)39/h17-18,20-22,24,29,31-35,37-38,45,47H,4-6,8-10,12-16,19,23H2,1-3H3,(H4,42,43,44)/t24-,31+,32+,33+,34-,35-,37+,38-/m0/s1. The Hall–Kier alpha value is -3.54. The Kier molecular flexibility index (Phi) is 11.2. The lowest BCUT2D eigenvalue weighted by atomic mass is 9.53. The molecule has 6 rings (SSSR count). The summed E-state index contributed by atoms with van der Waals surface area (Å²) in [4.78, 5) is 18.0. The molecule has 2 fully saturated rings. The Morgan fingerprint density at radius 1 is 1.14 bits per heavy atom. The summed E-state index contributed by atoms with van der Waals surface area (Å²) in [7, 11) is 1.77. The summed E-state index contributed by atoms with van der Waals surface area (Å²) in [6.45, 7) is 4.25. The third-order valence-electron chi connectivity index (χ3n) is 11.8. The molecule has 5 aliphatic carbocycles. The molecule has 0 amide bonds. The highest BCUT2D eigenvalue weighted by Gasteiger charge is 2.52. The number of carbonyl (C=O) groups is 1. The highest BCUT2D eigenvalue weighted by Crippen LogP contribution is 2.59. The second kappa shape index (κ2) is 15.6. The second-order valence-electron chi connectivity index (χ2n) is 15.1. The zero-order chi connectivity index (χ0) is 34.7. The van der Waals surface area contributed by atoms with Gasteiger partial charge < -0.3 is 31.2 Å². The molecule has 49 heavy (non-hydrogen) atoms. The van der Waals surface area contributed by atoms with Crippen molar-refractivity contribution in [3.8, 4) is 23.3 Å². The summed E-state index contributed by atoms with van der Waals surface area (Å²) in [5.41, 5.74) is 16.8. The number of nitrogens with zero attached hydrogens (tertiary/aromatic N) is 1. The molecule has 0 aliphatic heterocycles. The van der Waals surface area contributed by atoms with Crippen LogP contribution in [-0.4, -0.2) is 53.9 Å². The number of carbonyl (C=O) groups excluding carboxylic acids is 1. The van der Waals surface area contributed by atoms with E-state index in [1.165, 1.54) is 5.57 Å². The Morgan fingerprint density at radius 2 is 1.94 bits per heavy atom. The molecule has 4 bridgehead atoms. The number of benzene rings is 1. The number of aliphatic imine (C=N–C) groups is 1. The van der Waals surface area contributed by atoms with E-state index in [4.69, 9.17) is 25.9 Å². The number of methoxy groups -OCH3 is 1. The number of ether oxygens (including phenoxy) is 2. The Balaban J connectivity index is 1.56. The van der Waals surface area contributed by atoms with E-state index in [0.29, 0.717) is 30.9 Å². The van der Waals surface area contributed by atoms with E-state index < -0.39 is 0 Å². The minimum Gasteiger partial charge on any atom is -0.504 e. The van der Waals surface area contributed by atoms with Gasteiger partial charge in [-0.05, 0) is 98.8 Å². The number of ketones is 1. The third kappa shape index (κ3) is 7.49. The number of nitrogens with two attached hydrogens (primary N) is 2. The van der Waals surface area contributed by atoms with Gasteiger partial charge in [-0.15, -0.1) is 0 Å². The molecule has 1 aromatic carbocycles. The molecule has 0 radical (unpaired) electrons. The minimum atomic E-state index is -0.235. The number of aliphatic hydroxyl groups excluding tert-OH is 1. The predicted molar refractivity (Wildman–Crippen MR) is 193 cm³/mol. The molecule has 264 valence electrons. The fraction of sp³-hybridized carbons (Fsp3) is 0.610. The molecule has 1 aromatic rings. The van der Waals surface area contributed by atoms with E-state index in [-0.39, 0.29) is 78.4 Å². The second-order valence-corrected chi connectivity index (χ2v) is 15.1. The number of allylic oxidation sites excluding steroid dienone is 3. The zero-order valence-corrected chi connectivity index (χ0v) is 29.5. The van der Waals surface area contributed by atoms with Crippen LogP contribution in [0.2, 0.25) is 0 Å². The number of hydrogen-bond acceptors (Lipinski definition) is 6. The van der Waals surface area contributed by atoms with Gasteiger partial charge in [0.15, 0.2) is 23.2 Å². The van der Waals surface area contributed by atoms with Gasteiger partial charge in [-0.3, -0.25) is 4.79 Å². The SMILES string of the molecule is CCCC(=CC(=O)CCc1cc(OC2CCCC2)c(O)c2c1C#CC[C@H](N=C(N)N)[C@@H]1C=C[C@H](OC)[C@H]3[C@@H]1C=C1CC[C@H](C)C[C@H]1[C@H]23)CO. The maximum absolute atomic E-state index is 13.3. The summed E-state index contributed by atoms with van der Waals surface area (Å²) in [6, 6.07) is 1.70. The summed E-state index contributed by atoms with van der Waals surface area (Å²) in [5.74, 6) is 8.47. The molecule has 0 spiro atoms. The lowest BCUT2D eigenvalue weighted by Crippen LogP contribution is -2.48. The first-order chi connectivity index (χ1) is 23.7. The molecule has 6 N–H and O–H groups in total. The quantitative estimate of drug-likeness (QED) is 0.0721. The topological polar surface area (TPSA) is 140 Å². The average Bonchev–Trinajstić information content (AvgIpc) is 3.59. The molecule has 0 aromatic heterocycles.